The summed E-state index contributed by atoms with van der Waals surface area (Å²) in [6.07, 6.45) is 2.41. The molecule has 3 aromatic rings. The van der Waals surface area contributed by atoms with Crippen molar-refractivity contribution in [2.45, 2.75) is 48.8 Å². The van der Waals surface area contributed by atoms with Gasteiger partial charge in [0, 0.05) is 93.7 Å². The summed E-state index contributed by atoms with van der Waals surface area (Å²) >= 11 is 1.48. The highest BCUT2D eigenvalue weighted by molar-refractivity contribution is 7.99. The number of benzene rings is 1. The van der Waals surface area contributed by atoms with Gasteiger partial charge in [0.2, 0.25) is 11.7 Å². The average Bonchev–Trinajstić information content (AvgIpc) is 3.50. The third-order valence-electron chi connectivity index (χ3n) is 8.57. The fourth-order valence-corrected chi connectivity index (χ4v) is 7.08. The Bertz CT molecular complexity index is 1390. The van der Waals surface area contributed by atoms with Crippen molar-refractivity contribution in [1.29, 1.82) is 0 Å². The summed E-state index contributed by atoms with van der Waals surface area (Å²) in [4.78, 5) is 32.5. The van der Waals surface area contributed by atoms with E-state index in [0.717, 1.165) is 74.5 Å². The molecule has 0 saturated carbocycles. The summed E-state index contributed by atoms with van der Waals surface area (Å²) in [5, 5.41) is 14.1. The van der Waals surface area contributed by atoms with Crippen molar-refractivity contribution in [3.8, 4) is 5.75 Å². The molecule has 0 spiro atoms. The molecule has 3 aliphatic rings. The number of carbonyl (C=O) groups excluding carboxylic acids is 1. The van der Waals surface area contributed by atoms with Gasteiger partial charge < -0.3 is 25.2 Å². The summed E-state index contributed by atoms with van der Waals surface area (Å²) in [6.45, 7) is 12.2. The Morgan fingerprint density at radius 2 is 1.79 bits per heavy atom. The molecule has 1 aromatic carbocycles. The molecule has 2 bridgehead atoms. The number of aromatic nitrogens is 4. The highest BCUT2D eigenvalue weighted by Gasteiger charge is 2.41. The Morgan fingerprint density at radius 3 is 2.42 bits per heavy atom. The van der Waals surface area contributed by atoms with Crippen LogP contribution in [0.5, 0.6) is 5.75 Å². The molecular formula is C30H42N10O2S. The zero-order valence-corrected chi connectivity index (χ0v) is 26.3. The number of aromatic amines is 1. The van der Waals surface area contributed by atoms with Crippen LogP contribution in [-0.4, -0.2) is 119 Å². The van der Waals surface area contributed by atoms with Gasteiger partial charge in [-0.25, -0.2) is 9.97 Å². The topological polar surface area (TPSA) is 118 Å². The van der Waals surface area contributed by atoms with Crippen molar-refractivity contribution in [3.05, 3.63) is 36.0 Å². The van der Waals surface area contributed by atoms with E-state index in [1.54, 1.807) is 7.11 Å². The lowest BCUT2D eigenvalue weighted by atomic mass is 10.1. The molecule has 1 amide bonds. The van der Waals surface area contributed by atoms with E-state index in [9.17, 15) is 4.79 Å². The van der Waals surface area contributed by atoms with Crippen molar-refractivity contribution in [2.75, 3.05) is 82.0 Å². The third kappa shape index (κ3) is 7.06. The zero-order chi connectivity index (χ0) is 29.9. The molecule has 2 unspecified atom stereocenters. The maximum absolute atomic E-state index is 11.4. The Kier molecular flexibility index (Phi) is 9.03. The lowest BCUT2D eigenvalue weighted by molar-refractivity contribution is -0.114. The van der Waals surface area contributed by atoms with Crippen LogP contribution in [0.3, 0.4) is 0 Å². The number of likely N-dealkylation sites (N-methyl/N-ethyl adjacent to an activating group) is 1. The van der Waals surface area contributed by atoms with Gasteiger partial charge in [-0.2, -0.15) is 5.10 Å². The van der Waals surface area contributed by atoms with Crippen molar-refractivity contribution in [3.63, 3.8) is 0 Å². The first-order valence-corrected chi connectivity index (χ1v) is 15.9. The van der Waals surface area contributed by atoms with E-state index in [1.165, 1.54) is 31.5 Å². The number of hydrogen-bond donors (Lipinski definition) is 3. The molecule has 13 heteroatoms. The summed E-state index contributed by atoms with van der Waals surface area (Å²) < 4.78 is 5.98. The second-order valence-corrected chi connectivity index (χ2v) is 12.8. The quantitative estimate of drug-likeness (QED) is 0.295. The van der Waals surface area contributed by atoms with E-state index < -0.39 is 0 Å². The normalized spacial score (nSPS) is 21.3. The lowest BCUT2D eigenvalue weighted by Gasteiger charge is -2.43. The lowest BCUT2D eigenvalue weighted by Crippen LogP contribution is -2.56. The van der Waals surface area contributed by atoms with Crippen LogP contribution in [0.15, 0.2) is 40.4 Å². The van der Waals surface area contributed by atoms with Crippen molar-refractivity contribution in [1.82, 2.24) is 34.9 Å². The minimum atomic E-state index is -0.0961. The molecule has 6 rings (SSSR count). The number of anilines is 4. The predicted molar refractivity (Wildman–Crippen MR) is 170 cm³/mol. The van der Waals surface area contributed by atoms with Gasteiger partial charge >= 0.3 is 0 Å². The summed E-state index contributed by atoms with van der Waals surface area (Å²) in [5.74, 6) is 2.59. The number of nitrogens with one attached hydrogen (secondary N) is 3. The Labute approximate surface area is 257 Å². The Hall–Kier alpha value is -3.39. The monoisotopic (exact) mass is 606 g/mol. The van der Waals surface area contributed by atoms with Gasteiger partial charge in [0.05, 0.1) is 7.11 Å². The molecule has 230 valence electrons. The molecule has 3 saturated heterocycles. The van der Waals surface area contributed by atoms with Crippen LogP contribution in [0.4, 0.5) is 23.1 Å². The summed E-state index contributed by atoms with van der Waals surface area (Å²) in [7, 11) is 3.89. The molecule has 5 heterocycles. The van der Waals surface area contributed by atoms with Crippen LogP contribution in [0.2, 0.25) is 0 Å². The van der Waals surface area contributed by atoms with Crippen LogP contribution in [0, 0.1) is 6.92 Å². The number of H-pyrrole nitrogens is 1. The van der Waals surface area contributed by atoms with Crippen LogP contribution >= 0.6 is 11.8 Å². The first-order valence-electron chi connectivity index (χ1n) is 15.1. The number of methoxy groups -OCH3 is 1. The van der Waals surface area contributed by atoms with Gasteiger partial charge in [0.25, 0.3) is 0 Å². The summed E-state index contributed by atoms with van der Waals surface area (Å²) in [6, 6.07) is 10.6. The summed E-state index contributed by atoms with van der Waals surface area (Å²) in [5.41, 5.74) is 1.71. The number of piperazine rings is 2. The van der Waals surface area contributed by atoms with Gasteiger partial charge in [0.1, 0.15) is 0 Å². The third-order valence-corrected chi connectivity index (χ3v) is 9.44. The van der Waals surface area contributed by atoms with E-state index >= 15 is 0 Å². The van der Waals surface area contributed by atoms with Gasteiger partial charge in [-0.1, -0.05) is 0 Å². The van der Waals surface area contributed by atoms with Crippen molar-refractivity contribution in [2.24, 2.45) is 0 Å². The van der Waals surface area contributed by atoms with Gasteiger partial charge in [0.15, 0.2) is 22.6 Å². The zero-order valence-electron chi connectivity index (χ0n) is 25.5. The molecule has 3 aliphatic heterocycles. The number of hydrogen-bond acceptors (Lipinski definition) is 11. The maximum atomic E-state index is 11.4. The van der Waals surface area contributed by atoms with E-state index in [0.29, 0.717) is 34.6 Å². The molecule has 3 fully saturated rings. The maximum Gasteiger partial charge on any atom is 0.221 e. The predicted octanol–water partition coefficient (Wildman–Crippen LogP) is 3.27. The number of aryl methyl sites for hydroxylation is 1. The van der Waals surface area contributed by atoms with Gasteiger partial charge in [-0.3, -0.25) is 19.7 Å². The molecule has 12 nitrogen and oxygen atoms in total. The minimum Gasteiger partial charge on any atom is -0.490 e. The molecule has 2 aromatic heterocycles. The molecule has 43 heavy (non-hydrogen) atoms. The molecule has 2 atom stereocenters. The molecule has 0 aliphatic carbocycles. The average molecular weight is 607 g/mol. The molecule has 0 radical (unpaired) electrons. The van der Waals surface area contributed by atoms with E-state index in [-0.39, 0.29) is 5.91 Å². The molecule has 3 N–H and O–H groups in total. The SMILES string of the molecule is COc1c(Nc2cc(C)[nH]n2)nc(Sc2ccc(NC(C)=O)cc2)nc1N1CC2CCC(C1)N2CCN1CCN(C)CC1. The smallest absolute Gasteiger partial charge is 0.221 e. The second kappa shape index (κ2) is 13.1. The van der Waals surface area contributed by atoms with E-state index in [4.69, 9.17) is 14.7 Å². The standard InChI is InChI=1S/C30H42N10O2S/c1-20-17-26(36-35-20)32-28-27(42-4)29(34-30(33-28)43-25-9-5-22(6-10-25)31-21(2)41)39-18-23-7-8-24(19-39)40(23)16-15-38-13-11-37(3)12-14-38/h5-6,9-10,17,23-24H,7-8,11-16,18-19H2,1-4H3,(H,31,41)(H2,32,33,34,35,36). The number of ether oxygens (including phenoxy) is 1. The first-order chi connectivity index (χ1) is 20.8. The largest absolute Gasteiger partial charge is 0.490 e. The number of rotatable bonds is 10. The first kappa shape index (κ1) is 29.7. The van der Waals surface area contributed by atoms with E-state index in [1.807, 2.05) is 37.3 Å². The fraction of sp³-hybridized carbons (Fsp3) is 0.533. The number of amides is 1. The van der Waals surface area contributed by atoms with Crippen LogP contribution in [-0.2, 0) is 4.79 Å². The highest BCUT2D eigenvalue weighted by atomic mass is 32.2. The van der Waals surface area contributed by atoms with Crippen LogP contribution in [0.1, 0.15) is 25.5 Å². The van der Waals surface area contributed by atoms with Gasteiger partial charge in [-0.15, -0.1) is 0 Å². The van der Waals surface area contributed by atoms with Crippen LogP contribution < -0.4 is 20.3 Å². The Balaban J connectivity index is 1.23. The van der Waals surface area contributed by atoms with E-state index in [2.05, 4.69) is 47.5 Å². The minimum absolute atomic E-state index is 0.0961. The Morgan fingerprint density at radius 1 is 1.07 bits per heavy atom. The van der Waals surface area contributed by atoms with Crippen LogP contribution in [0.25, 0.3) is 0 Å². The van der Waals surface area contributed by atoms with Crippen molar-refractivity contribution < 1.29 is 9.53 Å². The fourth-order valence-electron chi connectivity index (χ4n) is 6.33. The van der Waals surface area contributed by atoms with Crippen molar-refractivity contribution >= 4 is 40.8 Å². The number of fused-ring (bicyclic) bond motifs is 2. The highest BCUT2D eigenvalue weighted by Crippen LogP contribution is 2.41. The van der Waals surface area contributed by atoms with Gasteiger partial charge in [-0.05, 0) is 62.8 Å². The molecular weight excluding hydrogens is 564 g/mol. The second-order valence-electron chi connectivity index (χ2n) is 11.8. The number of carbonyl (C=O) groups is 1. The number of nitrogens with zero attached hydrogens (tertiary/aromatic N) is 7.